The number of ether oxygens (including phenoxy) is 1. The summed E-state index contributed by atoms with van der Waals surface area (Å²) in [7, 11) is 0. The van der Waals surface area contributed by atoms with Crippen LogP contribution in [-0.4, -0.2) is 16.2 Å². The summed E-state index contributed by atoms with van der Waals surface area (Å²) in [6, 6.07) is 3.89. The lowest BCUT2D eigenvalue weighted by Crippen LogP contribution is -2.02. The van der Waals surface area contributed by atoms with Crippen molar-refractivity contribution in [3.8, 4) is 5.75 Å². The van der Waals surface area contributed by atoms with Crippen molar-refractivity contribution in [1.29, 1.82) is 0 Å². The second kappa shape index (κ2) is 5.05. The normalized spacial score (nSPS) is 10.3. The zero-order valence-electron chi connectivity index (χ0n) is 8.89. The fourth-order valence-corrected chi connectivity index (χ4v) is 1.38. The minimum absolute atomic E-state index is 0.0201. The van der Waals surface area contributed by atoms with E-state index in [0.29, 0.717) is 0 Å². The van der Waals surface area contributed by atoms with Gasteiger partial charge in [0.1, 0.15) is 23.7 Å². The second-order valence-corrected chi connectivity index (χ2v) is 3.74. The Labute approximate surface area is 106 Å². The number of hydrogen-bond donors (Lipinski definition) is 1. The van der Waals surface area contributed by atoms with Gasteiger partial charge in [0.25, 0.3) is 0 Å². The molecule has 0 amide bonds. The van der Waals surface area contributed by atoms with E-state index in [9.17, 15) is 9.18 Å². The first-order chi connectivity index (χ1) is 8.58. The highest BCUT2D eigenvalue weighted by molar-refractivity contribution is 6.30. The van der Waals surface area contributed by atoms with Gasteiger partial charge in [-0.25, -0.2) is 9.18 Å². The van der Waals surface area contributed by atoms with Gasteiger partial charge >= 0.3 is 5.97 Å². The van der Waals surface area contributed by atoms with Crippen LogP contribution in [0.5, 0.6) is 5.75 Å². The number of aromatic nitrogens is 1. The summed E-state index contributed by atoms with van der Waals surface area (Å²) in [5, 5.41) is 12.1. The van der Waals surface area contributed by atoms with Gasteiger partial charge in [-0.2, -0.15) is 0 Å². The fourth-order valence-electron chi connectivity index (χ4n) is 1.26. The molecule has 0 radical (unpaired) electrons. The monoisotopic (exact) mass is 271 g/mol. The van der Waals surface area contributed by atoms with Crippen molar-refractivity contribution in [2.24, 2.45) is 0 Å². The van der Waals surface area contributed by atoms with Gasteiger partial charge in [-0.05, 0) is 12.1 Å². The molecule has 7 heteroatoms. The molecule has 5 nitrogen and oxygen atoms in total. The number of benzene rings is 1. The highest BCUT2D eigenvalue weighted by atomic mass is 35.5. The minimum atomic E-state index is -1.17. The standard InChI is InChI=1S/C11H7ClFNO4/c12-8-2-1-6(3-9(8)13)17-5-10-7(11(15)16)4-14-18-10/h1-4H,5H2,(H,15,16). The largest absolute Gasteiger partial charge is 0.485 e. The first kappa shape index (κ1) is 12.4. The number of aromatic carboxylic acids is 1. The lowest BCUT2D eigenvalue weighted by atomic mass is 10.3. The summed E-state index contributed by atoms with van der Waals surface area (Å²) < 4.78 is 23.0. The molecule has 0 saturated heterocycles. The van der Waals surface area contributed by atoms with Crippen LogP contribution in [0.4, 0.5) is 4.39 Å². The Kier molecular flexibility index (Phi) is 3.47. The molecule has 1 N–H and O–H groups in total. The molecule has 1 aromatic heterocycles. The number of hydrogen-bond acceptors (Lipinski definition) is 4. The van der Waals surface area contributed by atoms with Crippen LogP contribution >= 0.6 is 11.6 Å². The van der Waals surface area contributed by atoms with Gasteiger partial charge in [0.15, 0.2) is 5.76 Å². The Bertz CT molecular complexity index is 584. The Morgan fingerprint density at radius 2 is 2.33 bits per heavy atom. The molecule has 2 aromatic rings. The Balaban J connectivity index is 2.09. The summed E-state index contributed by atoms with van der Waals surface area (Å²) in [5.74, 6) is -1.52. The first-order valence-electron chi connectivity index (χ1n) is 4.82. The van der Waals surface area contributed by atoms with E-state index < -0.39 is 11.8 Å². The van der Waals surface area contributed by atoms with E-state index in [2.05, 4.69) is 5.16 Å². The van der Waals surface area contributed by atoms with Crippen molar-refractivity contribution in [1.82, 2.24) is 5.16 Å². The quantitative estimate of drug-likeness (QED) is 0.925. The zero-order chi connectivity index (χ0) is 13.1. The summed E-state index contributed by atoms with van der Waals surface area (Å²) >= 11 is 5.51. The number of carbonyl (C=O) groups is 1. The Morgan fingerprint density at radius 1 is 1.56 bits per heavy atom. The lowest BCUT2D eigenvalue weighted by Gasteiger charge is -2.04. The summed E-state index contributed by atoms with van der Waals surface area (Å²) in [4.78, 5) is 10.8. The number of carboxylic acid groups (broad SMARTS) is 1. The molecule has 1 heterocycles. The van der Waals surface area contributed by atoms with Crippen molar-refractivity contribution in [3.05, 3.63) is 46.6 Å². The van der Waals surface area contributed by atoms with E-state index in [1.165, 1.54) is 12.1 Å². The molecule has 94 valence electrons. The predicted octanol–water partition coefficient (Wildman–Crippen LogP) is 2.74. The SMILES string of the molecule is O=C(O)c1cnoc1COc1ccc(Cl)c(F)c1. The molecular formula is C11H7ClFNO4. The highest BCUT2D eigenvalue weighted by Gasteiger charge is 2.15. The second-order valence-electron chi connectivity index (χ2n) is 3.33. The molecule has 0 fully saturated rings. The van der Waals surface area contributed by atoms with Gasteiger partial charge in [0.2, 0.25) is 0 Å². The molecule has 0 unspecified atom stereocenters. The molecular weight excluding hydrogens is 265 g/mol. The van der Waals surface area contributed by atoms with Crippen LogP contribution in [0, 0.1) is 5.82 Å². The number of nitrogens with zero attached hydrogens (tertiary/aromatic N) is 1. The van der Waals surface area contributed by atoms with E-state index in [0.717, 1.165) is 12.3 Å². The summed E-state index contributed by atoms with van der Waals surface area (Å²) in [5.41, 5.74) is -0.0931. The molecule has 18 heavy (non-hydrogen) atoms. The van der Waals surface area contributed by atoms with E-state index in [1.807, 2.05) is 0 Å². The third kappa shape index (κ3) is 2.60. The maximum Gasteiger partial charge on any atom is 0.341 e. The van der Waals surface area contributed by atoms with Crippen LogP contribution in [0.15, 0.2) is 28.9 Å². The van der Waals surface area contributed by atoms with Gasteiger partial charge in [0, 0.05) is 6.07 Å². The molecule has 2 rings (SSSR count). The predicted molar refractivity (Wildman–Crippen MR) is 59.2 cm³/mol. The third-order valence-corrected chi connectivity index (χ3v) is 2.44. The average Bonchev–Trinajstić information content (AvgIpc) is 2.79. The van der Waals surface area contributed by atoms with Gasteiger partial charge in [-0.15, -0.1) is 0 Å². The highest BCUT2D eigenvalue weighted by Crippen LogP contribution is 2.21. The van der Waals surface area contributed by atoms with Crippen LogP contribution in [0.1, 0.15) is 16.1 Å². The molecule has 0 atom stereocenters. The van der Waals surface area contributed by atoms with Crippen LogP contribution in [0.3, 0.4) is 0 Å². The number of carboxylic acids is 1. The van der Waals surface area contributed by atoms with Gasteiger partial charge < -0.3 is 14.4 Å². The topological polar surface area (TPSA) is 72.6 Å². The fraction of sp³-hybridized carbons (Fsp3) is 0.0909. The van der Waals surface area contributed by atoms with E-state index in [4.69, 9.17) is 26.0 Å². The van der Waals surface area contributed by atoms with E-state index >= 15 is 0 Å². The van der Waals surface area contributed by atoms with Crippen LogP contribution in [0.25, 0.3) is 0 Å². The van der Waals surface area contributed by atoms with Gasteiger partial charge in [0.05, 0.1) is 11.2 Å². The van der Waals surface area contributed by atoms with Crippen molar-refractivity contribution < 1.29 is 23.6 Å². The number of halogens is 2. The third-order valence-electron chi connectivity index (χ3n) is 2.14. The molecule has 0 spiro atoms. The molecule has 0 bridgehead atoms. The van der Waals surface area contributed by atoms with Gasteiger partial charge in [-0.3, -0.25) is 0 Å². The lowest BCUT2D eigenvalue weighted by molar-refractivity contribution is 0.0691. The molecule has 0 aliphatic carbocycles. The molecule has 0 saturated carbocycles. The van der Waals surface area contributed by atoms with Crippen LogP contribution in [0.2, 0.25) is 5.02 Å². The van der Waals surface area contributed by atoms with Crippen LogP contribution in [-0.2, 0) is 6.61 Å². The van der Waals surface area contributed by atoms with E-state index in [1.54, 1.807) is 0 Å². The summed E-state index contributed by atoms with van der Waals surface area (Å²) in [6.07, 6.45) is 1.07. The minimum Gasteiger partial charge on any atom is -0.485 e. The zero-order valence-corrected chi connectivity index (χ0v) is 9.65. The molecule has 0 aliphatic heterocycles. The maximum absolute atomic E-state index is 13.1. The van der Waals surface area contributed by atoms with Crippen molar-refractivity contribution in [2.75, 3.05) is 0 Å². The Morgan fingerprint density at radius 3 is 3.00 bits per heavy atom. The van der Waals surface area contributed by atoms with Gasteiger partial charge in [-0.1, -0.05) is 16.8 Å². The van der Waals surface area contributed by atoms with Crippen molar-refractivity contribution >= 4 is 17.6 Å². The van der Waals surface area contributed by atoms with E-state index in [-0.39, 0.29) is 28.7 Å². The first-order valence-corrected chi connectivity index (χ1v) is 5.20. The van der Waals surface area contributed by atoms with Crippen LogP contribution < -0.4 is 4.74 Å². The summed E-state index contributed by atoms with van der Waals surface area (Å²) in [6.45, 7) is -0.164. The van der Waals surface area contributed by atoms with Crippen molar-refractivity contribution in [2.45, 2.75) is 6.61 Å². The maximum atomic E-state index is 13.1. The molecule has 0 aliphatic rings. The number of rotatable bonds is 4. The van der Waals surface area contributed by atoms with Crippen molar-refractivity contribution in [3.63, 3.8) is 0 Å². The molecule has 1 aromatic carbocycles. The smallest absolute Gasteiger partial charge is 0.341 e. The average molecular weight is 272 g/mol. The Hall–Kier alpha value is -2.08.